The quantitative estimate of drug-likeness (QED) is 0.242. The van der Waals surface area contributed by atoms with Crippen molar-refractivity contribution in [2.45, 2.75) is 89.6 Å². The van der Waals surface area contributed by atoms with Crippen LogP contribution in [0.3, 0.4) is 0 Å². The number of carboxylic acid groups (broad SMARTS) is 1. The Morgan fingerprint density at radius 2 is 1.70 bits per heavy atom. The number of halogens is 4. The second-order valence-electron chi connectivity index (χ2n) is 12.1. The summed E-state index contributed by atoms with van der Waals surface area (Å²) in [5, 5.41) is 18.1. The fourth-order valence-corrected chi connectivity index (χ4v) is 6.34. The van der Waals surface area contributed by atoms with Crippen LogP contribution in [0.4, 0.5) is 23.2 Å². The average Bonchev–Trinajstić information content (AvgIpc) is 3.55. The first-order valence-corrected chi connectivity index (χ1v) is 15.4. The molecular formula is C32H37F4N5O5. The number of hydrogen-bond acceptors (Lipinski definition) is 7. The third kappa shape index (κ3) is 7.65. The number of benzene rings is 1. The van der Waals surface area contributed by atoms with E-state index in [1.54, 1.807) is 7.11 Å². The number of carbonyl (C=O) groups is 2. The van der Waals surface area contributed by atoms with Crippen molar-refractivity contribution < 1.29 is 41.7 Å². The number of aromatic nitrogens is 4. The maximum atomic E-state index is 15.8. The van der Waals surface area contributed by atoms with Gasteiger partial charge in [0, 0.05) is 37.4 Å². The Bertz CT molecular complexity index is 1520. The van der Waals surface area contributed by atoms with Gasteiger partial charge in [-0.05, 0) is 75.3 Å². The van der Waals surface area contributed by atoms with Crippen molar-refractivity contribution in [1.29, 1.82) is 0 Å². The van der Waals surface area contributed by atoms with Gasteiger partial charge in [-0.2, -0.15) is 28.2 Å². The number of methoxy groups -OCH3 is 1. The van der Waals surface area contributed by atoms with Crippen molar-refractivity contribution in [2.24, 2.45) is 11.8 Å². The monoisotopic (exact) mass is 647 g/mol. The molecule has 1 aromatic carbocycles. The van der Waals surface area contributed by atoms with Gasteiger partial charge in [-0.1, -0.05) is 6.92 Å². The first kappa shape index (κ1) is 33.3. The fourth-order valence-electron chi connectivity index (χ4n) is 6.34. The first-order valence-electron chi connectivity index (χ1n) is 15.4. The van der Waals surface area contributed by atoms with E-state index in [1.807, 2.05) is 0 Å². The lowest BCUT2D eigenvalue weighted by Crippen LogP contribution is -2.47. The summed E-state index contributed by atoms with van der Waals surface area (Å²) in [6.45, 7) is 2.32. The Morgan fingerprint density at radius 3 is 2.30 bits per heavy atom. The van der Waals surface area contributed by atoms with Gasteiger partial charge in [-0.15, -0.1) is 0 Å². The molecule has 1 amide bonds. The smallest absolute Gasteiger partial charge is 0.421 e. The van der Waals surface area contributed by atoms with E-state index in [0.717, 1.165) is 31.0 Å². The normalized spacial score (nSPS) is 22.0. The second kappa shape index (κ2) is 14.1. The number of aromatic carboxylic acids is 1. The molecule has 5 rings (SSSR count). The minimum atomic E-state index is -4.91. The van der Waals surface area contributed by atoms with Crippen LogP contribution in [0.2, 0.25) is 0 Å². The predicted molar refractivity (Wildman–Crippen MR) is 158 cm³/mol. The number of aryl methyl sites for hydroxylation is 2. The molecule has 2 aliphatic rings. The number of rotatable bonds is 10. The van der Waals surface area contributed by atoms with Crippen LogP contribution in [0.25, 0.3) is 0 Å². The van der Waals surface area contributed by atoms with Gasteiger partial charge >= 0.3 is 12.1 Å². The summed E-state index contributed by atoms with van der Waals surface area (Å²) in [4.78, 5) is 33.1. The molecular weight excluding hydrogens is 610 g/mol. The molecule has 1 N–H and O–H groups in total. The standard InChI is InChI=1S/C32H37F4N5O5/c1-19-3-5-21(6-4-19)30(42)41(22-7-9-23(45-2)10-8-22)27-17-26(33)28(16-24(27)31(43)44)46-29-25(32(34,35)36)15-20(18-37-29)11-14-40-38-12-13-39-40/h12-13,15-19,21-23H,3-11,14H2,1-2H3,(H,43,44)/t19-,21-,22?,23?. The molecule has 2 fully saturated rings. The van der Waals surface area contributed by atoms with Gasteiger partial charge in [0.2, 0.25) is 11.8 Å². The molecule has 46 heavy (non-hydrogen) atoms. The summed E-state index contributed by atoms with van der Waals surface area (Å²) >= 11 is 0. The van der Waals surface area contributed by atoms with Gasteiger partial charge in [0.1, 0.15) is 5.56 Å². The summed E-state index contributed by atoms with van der Waals surface area (Å²) in [7, 11) is 1.61. The van der Waals surface area contributed by atoms with E-state index in [2.05, 4.69) is 22.1 Å². The van der Waals surface area contributed by atoms with E-state index in [9.17, 15) is 27.9 Å². The lowest BCUT2D eigenvalue weighted by Gasteiger charge is -2.40. The van der Waals surface area contributed by atoms with E-state index in [4.69, 9.17) is 9.47 Å². The molecule has 0 bridgehead atoms. The lowest BCUT2D eigenvalue weighted by molar-refractivity contribution is -0.139. The fraction of sp³-hybridized carbons (Fsp3) is 0.531. The third-order valence-electron chi connectivity index (χ3n) is 8.97. The minimum Gasteiger partial charge on any atom is -0.478 e. The van der Waals surface area contributed by atoms with E-state index < -0.39 is 46.8 Å². The van der Waals surface area contributed by atoms with Gasteiger partial charge in [0.05, 0.1) is 36.3 Å². The number of anilines is 1. The van der Waals surface area contributed by atoms with Crippen LogP contribution in [0.15, 0.2) is 36.8 Å². The number of ether oxygens (including phenoxy) is 2. The minimum absolute atomic E-state index is 0.000804. The highest BCUT2D eigenvalue weighted by molar-refractivity contribution is 6.03. The molecule has 3 aromatic rings. The zero-order valence-electron chi connectivity index (χ0n) is 25.7. The highest BCUT2D eigenvalue weighted by Crippen LogP contribution is 2.41. The molecule has 2 aliphatic carbocycles. The lowest BCUT2D eigenvalue weighted by atomic mass is 9.81. The Hall–Kier alpha value is -4.07. The Kier molecular flexibility index (Phi) is 10.2. The number of nitrogens with zero attached hydrogens (tertiary/aromatic N) is 5. The molecule has 0 atom stereocenters. The van der Waals surface area contributed by atoms with Gasteiger partial charge in [-0.3, -0.25) is 4.79 Å². The third-order valence-corrected chi connectivity index (χ3v) is 8.97. The molecule has 0 spiro atoms. The number of pyridine rings is 1. The molecule has 2 aromatic heterocycles. The number of alkyl halides is 3. The van der Waals surface area contributed by atoms with Gasteiger partial charge in [0.25, 0.3) is 0 Å². The predicted octanol–water partition coefficient (Wildman–Crippen LogP) is 6.68. The van der Waals surface area contributed by atoms with Crippen LogP contribution in [-0.2, 0) is 28.7 Å². The highest BCUT2D eigenvalue weighted by Gasteiger charge is 2.39. The zero-order chi connectivity index (χ0) is 33.0. The van der Waals surface area contributed by atoms with Crippen LogP contribution in [0.5, 0.6) is 11.6 Å². The van der Waals surface area contributed by atoms with Gasteiger partial charge < -0.3 is 19.5 Å². The van der Waals surface area contributed by atoms with Crippen molar-refractivity contribution in [3.8, 4) is 11.6 Å². The molecule has 0 saturated heterocycles. The summed E-state index contributed by atoms with van der Waals surface area (Å²) in [6.07, 6.45) is 4.57. The number of carboxylic acids is 1. The molecule has 10 nitrogen and oxygen atoms in total. The van der Waals surface area contributed by atoms with Crippen LogP contribution in [0.1, 0.15) is 79.8 Å². The molecule has 0 radical (unpaired) electrons. The second-order valence-corrected chi connectivity index (χ2v) is 12.1. The highest BCUT2D eigenvalue weighted by atomic mass is 19.4. The topological polar surface area (TPSA) is 120 Å². The van der Waals surface area contributed by atoms with Crippen LogP contribution >= 0.6 is 0 Å². The first-order chi connectivity index (χ1) is 21.9. The summed E-state index contributed by atoms with van der Waals surface area (Å²) in [5.74, 6) is -4.44. The van der Waals surface area contributed by atoms with Crippen molar-refractivity contribution in [3.63, 3.8) is 0 Å². The summed E-state index contributed by atoms with van der Waals surface area (Å²) in [6, 6.07) is 2.16. The molecule has 2 saturated carbocycles. The Labute approximate surface area is 263 Å². The van der Waals surface area contributed by atoms with Crippen molar-refractivity contribution in [2.75, 3.05) is 12.0 Å². The average molecular weight is 648 g/mol. The molecule has 2 heterocycles. The molecule has 0 aliphatic heterocycles. The van der Waals surface area contributed by atoms with Crippen molar-refractivity contribution in [1.82, 2.24) is 20.0 Å². The van der Waals surface area contributed by atoms with Crippen molar-refractivity contribution in [3.05, 3.63) is 59.3 Å². The van der Waals surface area contributed by atoms with Crippen LogP contribution in [0, 0.1) is 17.7 Å². The van der Waals surface area contributed by atoms with Gasteiger partial charge in [0.15, 0.2) is 11.6 Å². The van der Waals surface area contributed by atoms with Gasteiger partial charge in [-0.25, -0.2) is 14.2 Å². The van der Waals surface area contributed by atoms with E-state index in [-0.39, 0.29) is 42.1 Å². The van der Waals surface area contributed by atoms with E-state index in [1.165, 1.54) is 28.3 Å². The largest absolute Gasteiger partial charge is 0.478 e. The number of hydrogen-bond donors (Lipinski definition) is 1. The zero-order valence-corrected chi connectivity index (χ0v) is 25.7. The molecule has 14 heteroatoms. The maximum absolute atomic E-state index is 15.8. The van der Waals surface area contributed by atoms with E-state index in [0.29, 0.717) is 44.4 Å². The Morgan fingerprint density at radius 1 is 1.02 bits per heavy atom. The van der Waals surface area contributed by atoms with Crippen LogP contribution < -0.4 is 9.64 Å². The maximum Gasteiger partial charge on any atom is 0.421 e. The summed E-state index contributed by atoms with van der Waals surface area (Å²) in [5.41, 5.74) is -1.64. The number of amides is 1. The van der Waals surface area contributed by atoms with E-state index >= 15 is 4.39 Å². The van der Waals surface area contributed by atoms with Crippen LogP contribution in [-0.4, -0.2) is 56.2 Å². The SMILES string of the molecule is COC1CCC(N(c2cc(F)c(Oc3ncc(CCn4nccn4)cc3C(F)(F)F)cc2C(=O)O)C(=O)[C@H]2CC[C@H](C)CC2)CC1. The molecule has 248 valence electrons. The Balaban J connectivity index is 1.48. The molecule has 0 unspecified atom stereocenters. The summed E-state index contributed by atoms with van der Waals surface area (Å²) < 4.78 is 68.8. The number of carbonyl (C=O) groups excluding carboxylic acids is 1. The van der Waals surface area contributed by atoms with Crippen molar-refractivity contribution >= 4 is 17.6 Å².